The summed E-state index contributed by atoms with van der Waals surface area (Å²) in [5.74, 6) is -1.20. The van der Waals surface area contributed by atoms with Gasteiger partial charge < -0.3 is 10.6 Å². The van der Waals surface area contributed by atoms with Gasteiger partial charge in [0.05, 0.1) is 10.0 Å². The van der Waals surface area contributed by atoms with Crippen LogP contribution in [0.5, 0.6) is 0 Å². The van der Waals surface area contributed by atoms with Gasteiger partial charge in [-0.05, 0) is 72.7 Å². The highest BCUT2D eigenvalue weighted by molar-refractivity contribution is 6.43. The minimum absolute atomic E-state index is 0.0331. The summed E-state index contributed by atoms with van der Waals surface area (Å²) in [6, 6.07) is 27.8. The smallest absolute Gasteiger partial charge is 0.272 e. The van der Waals surface area contributed by atoms with Crippen molar-refractivity contribution in [3.05, 3.63) is 147 Å². The summed E-state index contributed by atoms with van der Waals surface area (Å²) < 4.78 is 0. The standard InChI is InChI=1S/C32H24Cl2N2O3/c1-21-7-5-8-22(19-21)13-18-29(37)23-14-16-26(17-15-23)35-32(39)28(20-25-11-6-12-27(33)30(25)34)36-31(38)24-9-3-2-4-10-24/h2-20H,1H3,(H,35,39)(H,36,38)/b18-13+,28-20-. The van der Waals surface area contributed by atoms with Crippen molar-refractivity contribution in [3.8, 4) is 0 Å². The first-order chi connectivity index (χ1) is 18.8. The molecular formula is C32H24Cl2N2O3. The van der Waals surface area contributed by atoms with Crippen LogP contribution in [0.1, 0.15) is 37.4 Å². The van der Waals surface area contributed by atoms with E-state index >= 15 is 0 Å². The Bertz CT molecular complexity index is 1580. The number of hydrogen-bond acceptors (Lipinski definition) is 3. The summed E-state index contributed by atoms with van der Waals surface area (Å²) in [4.78, 5) is 38.7. The predicted octanol–water partition coefficient (Wildman–Crippen LogP) is 7.61. The molecule has 0 aliphatic carbocycles. The van der Waals surface area contributed by atoms with Crippen LogP contribution in [0.25, 0.3) is 12.2 Å². The van der Waals surface area contributed by atoms with Gasteiger partial charge in [-0.2, -0.15) is 0 Å². The van der Waals surface area contributed by atoms with Crippen molar-refractivity contribution in [1.29, 1.82) is 0 Å². The molecule has 39 heavy (non-hydrogen) atoms. The number of allylic oxidation sites excluding steroid dienone is 1. The van der Waals surface area contributed by atoms with E-state index in [0.717, 1.165) is 11.1 Å². The Hall–Kier alpha value is -4.45. The van der Waals surface area contributed by atoms with Crippen LogP contribution in [0.2, 0.25) is 10.0 Å². The van der Waals surface area contributed by atoms with E-state index in [1.54, 1.807) is 78.9 Å². The molecule has 5 nitrogen and oxygen atoms in total. The molecule has 0 heterocycles. The zero-order valence-electron chi connectivity index (χ0n) is 21.0. The Morgan fingerprint density at radius 3 is 2.21 bits per heavy atom. The summed E-state index contributed by atoms with van der Waals surface area (Å²) in [5.41, 5.74) is 3.76. The number of carbonyl (C=O) groups excluding carboxylic acids is 3. The molecule has 0 saturated carbocycles. The molecule has 0 spiro atoms. The van der Waals surface area contributed by atoms with Crippen molar-refractivity contribution in [2.75, 3.05) is 5.32 Å². The van der Waals surface area contributed by atoms with E-state index in [0.29, 0.717) is 27.4 Å². The largest absolute Gasteiger partial charge is 0.321 e. The van der Waals surface area contributed by atoms with Gasteiger partial charge in [0.15, 0.2) is 5.78 Å². The number of rotatable bonds is 8. The van der Waals surface area contributed by atoms with Crippen molar-refractivity contribution in [2.24, 2.45) is 0 Å². The number of ketones is 1. The lowest BCUT2D eigenvalue weighted by atomic mass is 10.1. The Labute approximate surface area is 236 Å². The number of aryl methyl sites for hydroxylation is 1. The Morgan fingerprint density at radius 2 is 1.49 bits per heavy atom. The highest BCUT2D eigenvalue weighted by atomic mass is 35.5. The molecule has 4 aromatic rings. The number of hydrogen-bond donors (Lipinski definition) is 2. The van der Waals surface area contributed by atoms with Gasteiger partial charge in [-0.25, -0.2) is 0 Å². The van der Waals surface area contributed by atoms with Crippen molar-refractivity contribution in [2.45, 2.75) is 6.92 Å². The lowest BCUT2D eigenvalue weighted by Crippen LogP contribution is -2.30. The van der Waals surface area contributed by atoms with E-state index < -0.39 is 11.8 Å². The van der Waals surface area contributed by atoms with Crippen LogP contribution in [0.4, 0.5) is 5.69 Å². The first-order valence-corrected chi connectivity index (χ1v) is 12.8. The average Bonchev–Trinajstić information content (AvgIpc) is 2.94. The first-order valence-electron chi connectivity index (χ1n) is 12.0. The second kappa shape index (κ2) is 12.9. The highest BCUT2D eigenvalue weighted by Crippen LogP contribution is 2.27. The zero-order chi connectivity index (χ0) is 27.8. The molecule has 4 rings (SSSR count). The maximum absolute atomic E-state index is 13.2. The third-order valence-electron chi connectivity index (χ3n) is 5.71. The van der Waals surface area contributed by atoms with E-state index in [1.807, 2.05) is 31.2 Å². The van der Waals surface area contributed by atoms with Crippen LogP contribution >= 0.6 is 23.2 Å². The SMILES string of the molecule is Cc1cccc(/C=C/C(=O)c2ccc(NC(=O)/C(=C/c3cccc(Cl)c3Cl)NC(=O)c3ccccc3)cc2)c1. The number of nitrogens with one attached hydrogen (secondary N) is 2. The van der Waals surface area contributed by atoms with Gasteiger partial charge >= 0.3 is 0 Å². The van der Waals surface area contributed by atoms with E-state index in [-0.39, 0.29) is 16.5 Å². The normalized spacial score (nSPS) is 11.3. The Kier molecular flexibility index (Phi) is 9.10. The second-order valence-corrected chi connectivity index (χ2v) is 9.45. The Balaban J connectivity index is 1.52. The van der Waals surface area contributed by atoms with Gasteiger partial charge in [0.2, 0.25) is 0 Å². The van der Waals surface area contributed by atoms with Gasteiger partial charge in [-0.3, -0.25) is 14.4 Å². The number of anilines is 1. The summed E-state index contributed by atoms with van der Waals surface area (Å²) in [6.45, 7) is 1.99. The van der Waals surface area contributed by atoms with Gasteiger partial charge in [0.25, 0.3) is 11.8 Å². The van der Waals surface area contributed by atoms with Gasteiger partial charge in [0, 0.05) is 16.8 Å². The molecule has 4 aromatic carbocycles. The molecule has 0 unspecified atom stereocenters. The fourth-order valence-corrected chi connectivity index (χ4v) is 4.05. The molecule has 0 aliphatic heterocycles. The number of carbonyl (C=O) groups is 3. The monoisotopic (exact) mass is 554 g/mol. The quantitative estimate of drug-likeness (QED) is 0.174. The summed E-state index contributed by atoms with van der Waals surface area (Å²) in [7, 11) is 0. The van der Waals surface area contributed by atoms with Crippen LogP contribution in [-0.4, -0.2) is 17.6 Å². The first kappa shape index (κ1) is 27.6. The minimum atomic E-state index is -0.575. The van der Waals surface area contributed by atoms with Crippen molar-refractivity contribution in [3.63, 3.8) is 0 Å². The number of amides is 2. The molecule has 0 bridgehead atoms. The molecule has 0 radical (unpaired) electrons. The van der Waals surface area contributed by atoms with E-state index in [2.05, 4.69) is 10.6 Å². The average molecular weight is 555 g/mol. The summed E-state index contributed by atoms with van der Waals surface area (Å²) in [5, 5.41) is 5.98. The minimum Gasteiger partial charge on any atom is -0.321 e. The topological polar surface area (TPSA) is 75.3 Å². The van der Waals surface area contributed by atoms with Gasteiger partial charge in [-0.1, -0.05) is 89.4 Å². The van der Waals surface area contributed by atoms with Gasteiger partial charge in [0.1, 0.15) is 5.70 Å². The summed E-state index contributed by atoms with van der Waals surface area (Å²) >= 11 is 12.4. The summed E-state index contributed by atoms with van der Waals surface area (Å²) in [6.07, 6.45) is 4.73. The predicted molar refractivity (Wildman–Crippen MR) is 158 cm³/mol. The fourth-order valence-electron chi connectivity index (χ4n) is 3.69. The van der Waals surface area contributed by atoms with Crippen LogP contribution in [0, 0.1) is 6.92 Å². The number of benzene rings is 4. The third kappa shape index (κ3) is 7.54. The fraction of sp³-hybridized carbons (Fsp3) is 0.0312. The molecule has 7 heteroatoms. The van der Waals surface area contributed by atoms with Crippen LogP contribution in [0.3, 0.4) is 0 Å². The zero-order valence-corrected chi connectivity index (χ0v) is 22.5. The molecule has 0 aliphatic rings. The van der Waals surface area contributed by atoms with E-state index in [1.165, 1.54) is 12.2 Å². The van der Waals surface area contributed by atoms with E-state index in [4.69, 9.17) is 23.2 Å². The van der Waals surface area contributed by atoms with Gasteiger partial charge in [-0.15, -0.1) is 0 Å². The molecule has 2 amide bonds. The van der Waals surface area contributed by atoms with Crippen LogP contribution in [-0.2, 0) is 4.79 Å². The Morgan fingerprint density at radius 1 is 0.769 bits per heavy atom. The lowest BCUT2D eigenvalue weighted by molar-refractivity contribution is -0.113. The maximum atomic E-state index is 13.2. The molecule has 0 atom stereocenters. The second-order valence-electron chi connectivity index (χ2n) is 8.66. The highest BCUT2D eigenvalue weighted by Gasteiger charge is 2.16. The third-order valence-corrected chi connectivity index (χ3v) is 6.54. The van der Waals surface area contributed by atoms with Crippen molar-refractivity contribution < 1.29 is 14.4 Å². The maximum Gasteiger partial charge on any atom is 0.272 e. The number of halogens is 2. The molecule has 2 N–H and O–H groups in total. The van der Waals surface area contributed by atoms with Crippen molar-refractivity contribution >= 4 is 58.6 Å². The van der Waals surface area contributed by atoms with E-state index in [9.17, 15) is 14.4 Å². The molecule has 0 aromatic heterocycles. The van der Waals surface area contributed by atoms with Crippen LogP contribution < -0.4 is 10.6 Å². The van der Waals surface area contributed by atoms with Crippen molar-refractivity contribution in [1.82, 2.24) is 5.32 Å². The molecule has 0 saturated heterocycles. The lowest BCUT2D eigenvalue weighted by Gasteiger charge is -2.12. The molecule has 0 fully saturated rings. The van der Waals surface area contributed by atoms with Crippen LogP contribution in [0.15, 0.2) is 109 Å². The molecular weight excluding hydrogens is 531 g/mol. The molecule has 194 valence electrons.